The van der Waals surface area contributed by atoms with Gasteiger partial charge in [-0.3, -0.25) is 9.59 Å². The number of hydrogen-bond donors (Lipinski definition) is 4. The van der Waals surface area contributed by atoms with Crippen LogP contribution in [0, 0.1) is 11.3 Å². The maximum absolute atomic E-state index is 14.6. The average molecular weight is 842 g/mol. The topological polar surface area (TPSA) is 181 Å². The lowest BCUT2D eigenvalue weighted by molar-refractivity contribution is -0.145. The van der Waals surface area contributed by atoms with Crippen LogP contribution < -0.4 is 25.4 Å². The van der Waals surface area contributed by atoms with E-state index in [2.05, 4.69) is 48.4 Å². The van der Waals surface area contributed by atoms with Crippen LogP contribution in [0.15, 0.2) is 53.1 Å². The number of likely N-dealkylation sites (tertiary alicyclic amines) is 1. The van der Waals surface area contributed by atoms with E-state index in [0.29, 0.717) is 43.3 Å². The molecule has 5 atom stereocenters. The van der Waals surface area contributed by atoms with Gasteiger partial charge < -0.3 is 35.4 Å². The number of carbonyl (C=O) groups excluding carboxylic acids is 2. The minimum atomic E-state index is -1.50. The minimum absolute atomic E-state index is 0.0211. The molecule has 1 saturated heterocycles. The van der Waals surface area contributed by atoms with E-state index in [1.165, 1.54) is 34.7 Å². The summed E-state index contributed by atoms with van der Waals surface area (Å²) >= 11 is 11.1. The van der Waals surface area contributed by atoms with E-state index in [-0.39, 0.29) is 31.4 Å². The number of amides is 2. The van der Waals surface area contributed by atoms with Gasteiger partial charge in [-0.05, 0) is 53.7 Å². The molecule has 2 amide bonds. The van der Waals surface area contributed by atoms with E-state index in [1.54, 1.807) is 19.2 Å². The zero-order valence-electron chi connectivity index (χ0n) is 30.6. The maximum Gasteiger partial charge on any atom is 0.330 e. The number of benzene rings is 1. The SMILES string of the molecule is C=C[C@@H]1C[C@]1(NC(=O)[C@@H]1C[C@@H](Oc2cc(-c3csc(NC(C)C)n3)nc3c(Br)c(OC)ccc23)CN1C(=O)[C@@H](Nc1ncc(Cl)cn1)C(C)(C)C)C(=O)O. The van der Waals surface area contributed by atoms with E-state index in [1.807, 2.05) is 46.1 Å². The number of carboxylic acid groups (broad SMARTS) is 1. The molecule has 286 valence electrons. The number of pyridine rings is 1. The number of fused-ring (bicyclic) bond motifs is 1. The summed E-state index contributed by atoms with van der Waals surface area (Å²) in [5, 5.41) is 22.9. The number of rotatable bonds is 13. The lowest BCUT2D eigenvalue weighted by Gasteiger charge is -2.35. The van der Waals surface area contributed by atoms with Crippen molar-refractivity contribution in [1.82, 2.24) is 30.2 Å². The van der Waals surface area contributed by atoms with Crippen LogP contribution >= 0.6 is 38.9 Å². The van der Waals surface area contributed by atoms with Gasteiger partial charge in [0.05, 0.1) is 46.8 Å². The molecule has 2 fully saturated rings. The summed E-state index contributed by atoms with van der Waals surface area (Å²) in [6, 6.07) is 3.66. The van der Waals surface area contributed by atoms with Crippen molar-refractivity contribution in [2.75, 3.05) is 24.3 Å². The quantitative estimate of drug-likeness (QED) is 0.109. The number of nitrogens with one attached hydrogen (secondary N) is 3. The number of aromatic nitrogens is 4. The summed E-state index contributed by atoms with van der Waals surface area (Å²) in [4.78, 5) is 60.7. The second-order valence-corrected chi connectivity index (χ2v) is 16.9. The Balaban J connectivity index is 1.37. The standard InChI is InChI=1S/C37H42BrClN8O6S/c1-8-19-13-37(19,33(50)51)46-31(48)25-11-21(16-47(25)32(49)30(36(4,5)6)45-34-40-14-20(39)15-41-34)53-27-12-23(24-17-54-35(44-24)42-18(2)3)43-29-22(27)9-10-26(52-7)28(29)38/h8-10,12,14-15,17-19,21,25,30H,1,11,13,16H2,2-7H3,(H,42,44)(H,46,48)(H,50,51)(H,40,41,45)/t19-,21-,25+,30-,37-/m1/s1. The van der Waals surface area contributed by atoms with Crippen molar-refractivity contribution in [3.8, 4) is 22.9 Å². The van der Waals surface area contributed by atoms with Crippen molar-refractivity contribution >= 4 is 78.6 Å². The van der Waals surface area contributed by atoms with Gasteiger partial charge in [0.25, 0.3) is 0 Å². The molecule has 2 aliphatic rings. The Morgan fingerprint density at radius 2 is 1.87 bits per heavy atom. The molecule has 14 nitrogen and oxygen atoms in total. The molecule has 54 heavy (non-hydrogen) atoms. The van der Waals surface area contributed by atoms with Crippen LogP contribution in [0.2, 0.25) is 5.02 Å². The van der Waals surface area contributed by atoms with Crippen LogP contribution in [-0.2, 0) is 14.4 Å². The summed E-state index contributed by atoms with van der Waals surface area (Å²) in [5.41, 5.74) is -0.420. The minimum Gasteiger partial charge on any atom is -0.495 e. The molecule has 6 rings (SSSR count). The van der Waals surface area contributed by atoms with E-state index in [0.717, 1.165) is 5.13 Å². The predicted molar refractivity (Wildman–Crippen MR) is 211 cm³/mol. The van der Waals surface area contributed by atoms with E-state index in [4.69, 9.17) is 31.0 Å². The zero-order chi connectivity index (χ0) is 39.1. The van der Waals surface area contributed by atoms with Gasteiger partial charge in [0, 0.05) is 35.2 Å². The molecule has 3 aromatic heterocycles. The average Bonchev–Trinajstić information content (AvgIpc) is 3.39. The van der Waals surface area contributed by atoms with E-state index >= 15 is 0 Å². The first-order chi connectivity index (χ1) is 25.5. The summed E-state index contributed by atoms with van der Waals surface area (Å²) in [6.45, 7) is 13.5. The Morgan fingerprint density at radius 3 is 2.48 bits per heavy atom. The number of carboxylic acids is 1. The van der Waals surface area contributed by atoms with Gasteiger partial charge in [-0.15, -0.1) is 17.9 Å². The lowest BCUT2D eigenvalue weighted by atomic mass is 9.85. The Bertz CT molecular complexity index is 2090. The van der Waals surface area contributed by atoms with Crippen molar-refractivity contribution in [2.24, 2.45) is 11.3 Å². The van der Waals surface area contributed by atoms with Crippen molar-refractivity contribution in [3.05, 3.63) is 58.1 Å². The highest BCUT2D eigenvalue weighted by Crippen LogP contribution is 2.45. The molecular formula is C37H42BrClN8O6S. The monoisotopic (exact) mass is 840 g/mol. The fourth-order valence-corrected chi connectivity index (χ4v) is 8.05. The number of hydrogen-bond acceptors (Lipinski definition) is 12. The van der Waals surface area contributed by atoms with Crippen LogP contribution in [0.1, 0.15) is 47.5 Å². The van der Waals surface area contributed by atoms with Gasteiger partial charge in [-0.1, -0.05) is 38.4 Å². The Hall–Kier alpha value is -4.54. The molecule has 0 spiro atoms. The number of thiazole rings is 1. The maximum atomic E-state index is 14.6. The summed E-state index contributed by atoms with van der Waals surface area (Å²) in [5.74, 6) is -1.40. The molecule has 1 saturated carbocycles. The van der Waals surface area contributed by atoms with Crippen molar-refractivity contribution in [2.45, 2.75) is 77.2 Å². The van der Waals surface area contributed by atoms with Gasteiger partial charge in [0.1, 0.15) is 40.9 Å². The Kier molecular flexibility index (Phi) is 11.1. The van der Waals surface area contributed by atoms with E-state index < -0.39 is 52.8 Å². The summed E-state index contributed by atoms with van der Waals surface area (Å²) in [7, 11) is 1.57. The summed E-state index contributed by atoms with van der Waals surface area (Å²) < 4.78 is 12.9. The second-order valence-electron chi connectivity index (χ2n) is 14.8. The molecule has 1 aliphatic carbocycles. The molecule has 1 aromatic carbocycles. The number of ether oxygens (including phenoxy) is 2. The first-order valence-corrected chi connectivity index (χ1v) is 19.4. The van der Waals surface area contributed by atoms with Crippen LogP contribution in [0.25, 0.3) is 22.3 Å². The highest BCUT2D eigenvalue weighted by molar-refractivity contribution is 9.10. The third-order valence-electron chi connectivity index (χ3n) is 9.42. The van der Waals surface area contributed by atoms with Crippen molar-refractivity contribution in [3.63, 3.8) is 0 Å². The molecule has 4 heterocycles. The molecular weight excluding hydrogens is 800 g/mol. The third-order valence-corrected chi connectivity index (χ3v) is 11.2. The van der Waals surface area contributed by atoms with Gasteiger partial charge in [-0.25, -0.2) is 24.7 Å². The Morgan fingerprint density at radius 1 is 1.15 bits per heavy atom. The smallest absolute Gasteiger partial charge is 0.330 e. The highest BCUT2D eigenvalue weighted by atomic mass is 79.9. The van der Waals surface area contributed by atoms with Crippen LogP contribution in [0.3, 0.4) is 0 Å². The predicted octanol–water partition coefficient (Wildman–Crippen LogP) is 6.41. The molecule has 4 aromatic rings. The van der Waals surface area contributed by atoms with Crippen molar-refractivity contribution in [1.29, 1.82) is 0 Å². The largest absolute Gasteiger partial charge is 0.495 e. The number of methoxy groups -OCH3 is 1. The second kappa shape index (κ2) is 15.3. The molecule has 0 unspecified atom stereocenters. The Labute approximate surface area is 330 Å². The lowest BCUT2D eigenvalue weighted by Crippen LogP contribution is -2.57. The third kappa shape index (κ3) is 7.96. The van der Waals surface area contributed by atoms with Crippen LogP contribution in [0.4, 0.5) is 11.1 Å². The molecule has 4 N–H and O–H groups in total. The van der Waals surface area contributed by atoms with Gasteiger partial charge in [0.15, 0.2) is 5.13 Å². The normalized spacial score (nSPS) is 21.4. The van der Waals surface area contributed by atoms with Crippen molar-refractivity contribution < 1.29 is 29.0 Å². The number of anilines is 2. The number of carbonyl (C=O) groups is 3. The highest BCUT2D eigenvalue weighted by Gasteiger charge is 2.61. The fraction of sp³-hybridized carbons (Fsp3) is 0.432. The first kappa shape index (κ1) is 39.2. The van der Waals surface area contributed by atoms with Gasteiger partial charge in [0.2, 0.25) is 17.8 Å². The zero-order valence-corrected chi connectivity index (χ0v) is 33.8. The van der Waals surface area contributed by atoms with Gasteiger partial charge in [-0.2, -0.15) is 0 Å². The van der Waals surface area contributed by atoms with Crippen LogP contribution in [-0.4, -0.2) is 91.1 Å². The number of aliphatic carboxylic acids is 1. The first-order valence-electron chi connectivity index (χ1n) is 17.3. The molecule has 1 aliphatic heterocycles. The van der Waals surface area contributed by atoms with Crippen LogP contribution in [0.5, 0.6) is 11.5 Å². The fourth-order valence-electron chi connectivity index (χ4n) is 6.50. The molecule has 0 radical (unpaired) electrons. The number of nitrogens with zero attached hydrogens (tertiary/aromatic N) is 5. The molecule has 0 bridgehead atoms. The molecule has 17 heteroatoms. The van der Waals surface area contributed by atoms with Gasteiger partial charge >= 0.3 is 5.97 Å². The number of halogens is 2. The van der Waals surface area contributed by atoms with E-state index in [9.17, 15) is 19.5 Å². The summed E-state index contributed by atoms with van der Waals surface area (Å²) in [6.07, 6.45) is 3.96.